The molecule has 0 fully saturated rings. The van der Waals surface area contributed by atoms with E-state index in [1.165, 1.54) is 0 Å². The molecule has 7 aromatic carbocycles. The normalized spacial score (nSPS) is 12.6. The average Bonchev–Trinajstić information content (AvgIpc) is 3.26. The summed E-state index contributed by atoms with van der Waals surface area (Å²) in [4.78, 5) is 37.6. The third-order valence-corrected chi connectivity index (χ3v) is 11.2. The Hall–Kier alpha value is -7.44. The molecular formula is C50H32N4O2. The third-order valence-electron chi connectivity index (χ3n) is 11.2. The molecule has 0 amide bonds. The number of rotatable bonds is 4. The highest BCUT2D eigenvalue weighted by atomic mass is 16.1. The van der Waals surface area contributed by atoms with Crippen LogP contribution in [0.5, 0.6) is 0 Å². The maximum atomic E-state index is 13.5. The van der Waals surface area contributed by atoms with E-state index in [1.807, 2.05) is 84.9 Å². The van der Waals surface area contributed by atoms with Gasteiger partial charge in [-0.2, -0.15) is 0 Å². The van der Waals surface area contributed by atoms with E-state index < -0.39 is 0 Å². The Bertz CT molecular complexity index is 3340. The molecule has 0 unspecified atom stereocenters. The topological polar surface area (TPSA) is 69.8 Å². The first-order chi connectivity index (χ1) is 27.6. The monoisotopic (exact) mass is 720 g/mol. The largest absolute Gasteiger partial charge is 0.309 e. The molecule has 6 heteroatoms. The van der Waals surface area contributed by atoms with E-state index in [0.29, 0.717) is 10.8 Å². The Morgan fingerprint density at radius 1 is 0.464 bits per heavy atom. The molecule has 0 aliphatic heterocycles. The van der Waals surface area contributed by atoms with Gasteiger partial charge in [0.1, 0.15) is 0 Å². The number of allylic oxidation sites excluding steroid dienone is 1. The fraction of sp³-hybridized carbons (Fsp3) is 0.0400. The van der Waals surface area contributed by atoms with Gasteiger partial charge in [0.2, 0.25) is 0 Å². The van der Waals surface area contributed by atoms with Crippen molar-refractivity contribution in [1.29, 1.82) is 0 Å². The molecule has 3 aromatic heterocycles. The summed E-state index contributed by atoms with van der Waals surface area (Å²) in [6, 6.07) is 52.7. The molecule has 1 aliphatic rings. The summed E-state index contributed by atoms with van der Waals surface area (Å²) in [5.74, 6) is 0. The summed E-state index contributed by atoms with van der Waals surface area (Å²) in [6.45, 7) is 0. The lowest BCUT2D eigenvalue weighted by Crippen LogP contribution is -2.19. The second kappa shape index (κ2) is 12.6. The number of pyridine rings is 2. The van der Waals surface area contributed by atoms with Crippen LogP contribution < -0.4 is 10.9 Å². The van der Waals surface area contributed by atoms with Gasteiger partial charge in [-0.3, -0.25) is 9.59 Å². The van der Waals surface area contributed by atoms with E-state index in [4.69, 9.17) is 9.97 Å². The van der Waals surface area contributed by atoms with Crippen LogP contribution >= 0.6 is 0 Å². The van der Waals surface area contributed by atoms with E-state index in [9.17, 15) is 9.59 Å². The number of hydrogen-bond acceptors (Lipinski definition) is 4. The van der Waals surface area contributed by atoms with Crippen molar-refractivity contribution < 1.29 is 0 Å². The van der Waals surface area contributed by atoms with E-state index in [0.717, 1.165) is 102 Å². The van der Waals surface area contributed by atoms with Crippen molar-refractivity contribution in [3.8, 4) is 33.9 Å². The summed E-state index contributed by atoms with van der Waals surface area (Å²) < 4.78 is 4.36. The quantitative estimate of drug-likeness (QED) is 0.170. The van der Waals surface area contributed by atoms with E-state index in [-0.39, 0.29) is 10.9 Å². The van der Waals surface area contributed by atoms with Crippen molar-refractivity contribution in [2.75, 3.05) is 0 Å². The molecule has 0 N–H and O–H groups in total. The summed E-state index contributed by atoms with van der Waals surface area (Å²) in [6.07, 6.45) is 5.82. The number of benzene rings is 7. The molecule has 56 heavy (non-hydrogen) atoms. The zero-order valence-electron chi connectivity index (χ0n) is 30.2. The van der Waals surface area contributed by atoms with Crippen LogP contribution in [0.4, 0.5) is 0 Å². The molecule has 11 rings (SSSR count). The summed E-state index contributed by atoms with van der Waals surface area (Å²) in [5, 5.41) is 4.30. The minimum absolute atomic E-state index is 0.0315. The SMILES string of the molecule is O=c1c2c(n(-c3ccc(-c4nc5cc6ccccc6cc5nc4-c4ccc(-n5c6ccccc6c(=O)c6ccccc65)cc4)cc3)c3ccccc13)C=CCC2. The van der Waals surface area contributed by atoms with Crippen LogP contribution in [0.25, 0.3) is 94.5 Å². The first-order valence-corrected chi connectivity index (χ1v) is 18.9. The number of fused-ring (bicyclic) bond motifs is 6. The second-order valence-electron chi connectivity index (χ2n) is 14.4. The van der Waals surface area contributed by atoms with Crippen LogP contribution in [0.3, 0.4) is 0 Å². The lowest BCUT2D eigenvalue weighted by molar-refractivity contribution is 0.927. The first-order valence-electron chi connectivity index (χ1n) is 18.9. The number of para-hydroxylation sites is 3. The van der Waals surface area contributed by atoms with Crippen molar-refractivity contribution in [1.82, 2.24) is 19.1 Å². The molecule has 6 nitrogen and oxygen atoms in total. The van der Waals surface area contributed by atoms with Crippen molar-refractivity contribution >= 4 is 60.6 Å². The standard InChI is InChI=1S/C50H32N4O2/c55-49-37-13-3-7-17-43(37)53(44-18-8-4-14-38(44)49)35-25-21-31(22-26-35)47-48(52-42-30-34-12-2-1-11-33(34)29-41(42)51-47)32-23-27-36(28-24-32)54-45-19-9-5-15-39(45)50(56)40-16-6-10-20-46(40)54/h1-5,7-15,17-30H,6,16H2. The number of hydrogen-bond donors (Lipinski definition) is 0. The Balaban J connectivity index is 1.09. The average molecular weight is 721 g/mol. The number of nitrogens with zero attached hydrogens (tertiary/aromatic N) is 4. The predicted molar refractivity (Wildman–Crippen MR) is 229 cm³/mol. The van der Waals surface area contributed by atoms with E-state index >= 15 is 0 Å². The van der Waals surface area contributed by atoms with Gasteiger partial charge in [-0.05, 0) is 102 Å². The van der Waals surface area contributed by atoms with Crippen molar-refractivity contribution in [3.63, 3.8) is 0 Å². The fourth-order valence-corrected chi connectivity index (χ4v) is 8.48. The molecule has 0 bridgehead atoms. The van der Waals surface area contributed by atoms with Crippen molar-refractivity contribution in [2.24, 2.45) is 0 Å². The van der Waals surface area contributed by atoms with Crippen LogP contribution in [0.1, 0.15) is 17.7 Å². The van der Waals surface area contributed by atoms with Gasteiger partial charge >= 0.3 is 0 Å². The van der Waals surface area contributed by atoms with E-state index in [2.05, 4.69) is 94.1 Å². The summed E-state index contributed by atoms with van der Waals surface area (Å²) in [5.41, 5.74) is 11.5. The highest BCUT2D eigenvalue weighted by Crippen LogP contribution is 2.35. The Kier molecular flexibility index (Phi) is 7.19. The number of aromatic nitrogens is 4. The van der Waals surface area contributed by atoms with Gasteiger partial charge in [0.25, 0.3) is 0 Å². The predicted octanol–water partition coefficient (Wildman–Crippen LogP) is 10.8. The molecule has 0 atom stereocenters. The zero-order chi connectivity index (χ0) is 37.3. The van der Waals surface area contributed by atoms with Crippen LogP contribution in [-0.2, 0) is 6.42 Å². The van der Waals surface area contributed by atoms with Crippen molar-refractivity contribution in [3.05, 3.63) is 196 Å². The molecular weight excluding hydrogens is 689 g/mol. The van der Waals surface area contributed by atoms with Gasteiger partial charge in [-0.25, -0.2) is 9.97 Å². The van der Waals surface area contributed by atoms with Crippen LogP contribution in [-0.4, -0.2) is 19.1 Å². The Morgan fingerprint density at radius 2 is 0.911 bits per heavy atom. The van der Waals surface area contributed by atoms with Crippen LogP contribution in [0.15, 0.2) is 173 Å². The lowest BCUT2D eigenvalue weighted by Gasteiger charge is -2.21. The minimum atomic E-state index is 0.0315. The van der Waals surface area contributed by atoms with Gasteiger partial charge < -0.3 is 9.13 Å². The molecule has 10 aromatic rings. The molecule has 0 radical (unpaired) electrons. The van der Waals surface area contributed by atoms with Gasteiger partial charge in [0.15, 0.2) is 10.9 Å². The zero-order valence-corrected chi connectivity index (χ0v) is 30.2. The Labute approximate surface area is 320 Å². The summed E-state index contributed by atoms with van der Waals surface area (Å²) >= 11 is 0. The Morgan fingerprint density at radius 3 is 1.45 bits per heavy atom. The van der Waals surface area contributed by atoms with Gasteiger partial charge in [0, 0.05) is 44.2 Å². The molecule has 3 heterocycles. The molecule has 0 saturated carbocycles. The smallest absolute Gasteiger partial charge is 0.197 e. The van der Waals surface area contributed by atoms with Crippen molar-refractivity contribution in [2.45, 2.75) is 12.8 Å². The lowest BCUT2D eigenvalue weighted by atomic mass is 9.97. The second-order valence-corrected chi connectivity index (χ2v) is 14.4. The highest BCUT2D eigenvalue weighted by Gasteiger charge is 2.20. The molecule has 0 saturated heterocycles. The van der Waals surface area contributed by atoms with Gasteiger partial charge in [-0.1, -0.05) is 91.0 Å². The van der Waals surface area contributed by atoms with Crippen LogP contribution in [0.2, 0.25) is 0 Å². The van der Waals surface area contributed by atoms with Gasteiger partial charge in [-0.15, -0.1) is 0 Å². The molecule has 1 aliphatic carbocycles. The van der Waals surface area contributed by atoms with Gasteiger partial charge in [0.05, 0.1) is 44.7 Å². The molecule has 264 valence electrons. The fourth-order valence-electron chi connectivity index (χ4n) is 8.48. The first kappa shape index (κ1) is 32.0. The molecule has 0 spiro atoms. The maximum Gasteiger partial charge on any atom is 0.197 e. The van der Waals surface area contributed by atoms with E-state index in [1.54, 1.807) is 0 Å². The minimum Gasteiger partial charge on any atom is -0.309 e. The highest BCUT2D eigenvalue weighted by molar-refractivity contribution is 5.98. The maximum absolute atomic E-state index is 13.5. The third kappa shape index (κ3) is 4.96. The summed E-state index contributed by atoms with van der Waals surface area (Å²) in [7, 11) is 0. The van der Waals surface area contributed by atoms with Crippen LogP contribution in [0, 0.1) is 0 Å².